The summed E-state index contributed by atoms with van der Waals surface area (Å²) in [4.78, 5) is 15.2. The third-order valence-electron chi connectivity index (χ3n) is 20.7. The first kappa shape index (κ1) is 61.6. The fraction of sp³-hybridized carbons (Fsp3) is 0.944. The van der Waals surface area contributed by atoms with Gasteiger partial charge in [-0.05, 0) is 100 Å². The molecule has 23 nitrogen and oxygen atoms in total. The lowest BCUT2D eigenvalue weighted by molar-refractivity contribution is -0.380. The molecule has 4 aliphatic carbocycles. The number of aliphatic hydroxyl groups excluding tert-OH is 14. The Labute approximate surface area is 450 Å². The number of carbonyl (C=O) groups excluding carboxylic acids is 1. The van der Waals surface area contributed by atoms with Gasteiger partial charge in [-0.2, -0.15) is 0 Å². The Morgan fingerprint density at radius 3 is 1.70 bits per heavy atom. The van der Waals surface area contributed by atoms with Gasteiger partial charge in [0.1, 0.15) is 97.3 Å². The van der Waals surface area contributed by atoms with E-state index < -0.39 is 177 Å². The normalized spacial score (nSPS) is 51.0. The molecule has 4 heterocycles. The minimum absolute atomic E-state index is 0.00299. The molecule has 0 bridgehead atoms. The molecule has 77 heavy (non-hydrogen) atoms. The van der Waals surface area contributed by atoms with E-state index in [0.29, 0.717) is 32.1 Å². The molecule has 0 amide bonds. The first-order chi connectivity index (χ1) is 35.9. The summed E-state index contributed by atoms with van der Waals surface area (Å²) in [5.74, 6) is 0.235. The van der Waals surface area contributed by atoms with Crippen LogP contribution in [-0.4, -0.2) is 238 Å². The molecular formula is C54H90O23. The van der Waals surface area contributed by atoms with Gasteiger partial charge in [0.2, 0.25) is 0 Å². The number of allylic oxidation sites excluding steroid dienone is 1. The van der Waals surface area contributed by atoms with Gasteiger partial charge in [0.25, 0.3) is 0 Å². The van der Waals surface area contributed by atoms with Gasteiger partial charge in [-0.15, -0.1) is 0 Å². The molecule has 4 aliphatic heterocycles. The zero-order valence-electron chi connectivity index (χ0n) is 45.8. The molecule has 29 unspecified atom stereocenters. The van der Waals surface area contributed by atoms with E-state index in [1.165, 1.54) is 6.92 Å². The second-order valence-electron chi connectivity index (χ2n) is 25.6. The van der Waals surface area contributed by atoms with Crippen LogP contribution in [0.3, 0.4) is 0 Å². The summed E-state index contributed by atoms with van der Waals surface area (Å²) in [5, 5.41) is 149. The number of ketones is 1. The SMILES string of the molecule is CC(CCC(O)C(C)(C)OC1OC(CO)C(O)C(O)C1OC1OC(CO)C(O)C(O)C1O)C1CCC2(C)C3CC=C4C(CCC(OC5OC(CO)C(O)C(O)C5OC5OC(C)C(O)C(O)C5O)C4(C)C)C3(C)C(=O)CC12C. The highest BCUT2D eigenvalue weighted by atomic mass is 16.8. The number of Topliss-reactive ketones (excluding diaryl/α,β-unsaturated/α-hetero) is 1. The van der Waals surface area contributed by atoms with E-state index in [-0.39, 0.29) is 41.3 Å². The van der Waals surface area contributed by atoms with Gasteiger partial charge in [-0.3, -0.25) is 4.79 Å². The topological polar surface area (TPSA) is 374 Å². The largest absolute Gasteiger partial charge is 0.394 e. The lowest BCUT2D eigenvalue weighted by Crippen LogP contribution is -2.65. The highest BCUT2D eigenvalue weighted by Crippen LogP contribution is 2.74. The van der Waals surface area contributed by atoms with E-state index in [1.807, 2.05) is 13.8 Å². The number of fused-ring (bicyclic) bond motifs is 5. The quantitative estimate of drug-likeness (QED) is 0.0744. The van der Waals surface area contributed by atoms with Crippen molar-refractivity contribution in [2.45, 2.75) is 254 Å². The second-order valence-corrected chi connectivity index (χ2v) is 25.6. The van der Waals surface area contributed by atoms with Crippen LogP contribution in [0.15, 0.2) is 11.6 Å². The van der Waals surface area contributed by atoms with Crippen molar-refractivity contribution in [3.05, 3.63) is 11.6 Å². The van der Waals surface area contributed by atoms with Gasteiger partial charge in [-0.25, -0.2) is 0 Å². The van der Waals surface area contributed by atoms with Crippen LogP contribution in [0.2, 0.25) is 0 Å². The first-order valence-corrected chi connectivity index (χ1v) is 27.8. The molecule has 0 radical (unpaired) electrons. The number of hydrogen-bond acceptors (Lipinski definition) is 23. The van der Waals surface area contributed by atoms with Crippen LogP contribution in [0.1, 0.15) is 114 Å². The Bertz CT molecular complexity index is 2060. The van der Waals surface area contributed by atoms with Crippen molar-refractivity contribution >= 4 is 5.78 Å². The van der Waals surface area contributed by atoms with E-state index in [1.54, 1.807) is 13.8 Å². The van der Waals surface area contributed by atoms with Crippen LogP contribution in [0.5, 0.6) is 0 Å². The molecule has 0 spiro atoms. The first-order valence-electron chi connectivity index (χ1n) is 27.8. The molecule has 29 atom stereocenters. The summed E-state index contributed by atoms with van der Waals surface area (Å²) in [6, 6.07) is 0. The minimum Gasteiger partial charge on any atom is -0.394 e. The Morgan fingerprint density at radius 2 is 1.13 bits per heavy atom. The van der Waals surface area contributed by atoms with Gasteiger partial charge in [-0.1, -0.05) is 53.2 Å². The Kier molecular flexibility index (Phi) is 18.4. The minimum atomic E-state index is -1.85. The predicted molar refractivity (Wildman–Crippen MR) is 265 cm³/mol. The van der Waals surface area contributed by atoms with Gasteiger partial charge >= 0.3 is 0 Å². The maximum Gasteiger partial charge on any atom is 0.187 e. The summed E-state index contributed by atoms with van der Waals surface area (Å²) >= 11 is 0. The highest BCUT2D eigenvalue weighted by Gasteiger charge is 2.71. The van der Waals surface area contributed by atoms with Gasteiger partial charge in [0, 0.05) is 17.3 Å². The fourth-order valence-corrected chi connectivity index (χ4v) is 15.3. The molecule has 23 heteroatoms. The third kappa shape index (κ3) is 10.6. The molecule has 0 aromatic rings. The van der Waals surface area contributed by atoms with E-state index in [9.17, 15) is 71.5 Å². The van der Waals surface area contributed by atoms with Crippen LogP contribution in [0.4, 0.5) is 0 Å². The van der Waals surface area contributed by atoms with E-state index >= 15 is 4.79 Å². The second kappa shape index (κ2) is 22.9. The Hall–Kier alpha value is -1.47. The predicted octanol–water partition coefficient (Wildman–Crippen LogP) is -2.00. The summed E-state index contributed by atoms with van der Waals surface area (Å²) < 4.78 is 48.0. The van der Waals surface area contributed by atoms with Crippen molar-refractivity contribution in [2.75, 3.05) is 19.8 Å². The summed E-state index contributed by atoms with van der Waals surface area (Å²) in [6.45, 7) is 15.6. The number of aliphatic hydroxyl groups is 14. The molecule has 0 aromatic heterocycles. The van der Waals surface area contributed by atoms with Crippen LogP contribution in [0, 0.1) is 45.3 Å². The molecule has 0 aromatic carbocycles. The van der Waals surface area contributed by atoms with Gasteiger partial charge < -0.3 is 109 Å². The standard InChI is InChI=1S/C54H90O23/c1-22(10-14-31(58)51(5,6)77-49-45(41(67)37(63)29(21-57)73-49)76-47-43(69)39(65)35(61)27(19-55)71-47)24-16-17-52(7)30-13-11-25-26(54(30,9)32(59)18-53(24,52)8)12-15-33(50(25,3)4)74-48-44(40(66)36(62)28(20-56)72-48)75-46-42(68)38(64)34(60)23(2)70-46/h11,22-24,26-31,33-49,55-58,60-69H,10,12-21H2,1-9H3. The molecule has 3 saturated carbocycles. The van der Waals surface area contributed by atoms with Crippen molar-refractivity contribution in [2.24, 2.45) is 45.3 Å². The van der Waals surface area contributed by atoms with Crippen molar-refractivity contribution in [1.82, 2.24) is 0 Å². The van der Waals surface area contributed by atoms with Crippen LogP contribution >= 0.6 is 0 Å². The molecule has 4 saturated heterocycles. The number of hydrogen-bond donors (Lipinski definition) is 14. The smallest absolute Gasteiger partial charge is 0.187 e. The Morgan fingerprint density at radius 1 is 0.623 bits per heavy atom. The number of carbonyl (C=O) groups is 1. The van der Waals surface area contributed by atoms with Crippen molar-refractivity contribution in [3.63, 3.8) is 0 Å². The molecule has 8 rings (SSSR count). The summed E-state index contributed by atoms with van der Waals surface area (Å²) in [5.41, 5.74) is -2.38. The van der Waals surface area contributed by atoms with Gasteiger partial charge in [0.15, 0.2) is 25.2 Å². The lowest BCUT2D eigenvalue weighted by atomic mass is 9.38. The van der Waals surface area contributed by atoms with Crippen LogP contribution in [0.25, 0.3) is 0 Å². The zero-order chi connectivity index (χ0) is 56.8. The fourth-order valence-electron chi connectivity index (χ4n) is 15.3. The number of rotatable bonds is 16. The Balaban J connectivity index is 0.942. The average molecular weight is 1110 g/mol. The maximum absolute atomic E-state index is 15.2. The van der Waals surface area contributed by atoms with Crippen molar-refractivity contribution in [1.29, 1.82) is 0 Å². The summed E-state index contributed by atoms with van der Waals surface area (Å²) in [6.07, 6.45) is -25.8. The third-order valence-corrected chi connectivity index (χ3v) is 20.7. The maximum atomic E-state index is 15.2. The van der Waals surface area contributed by atoms with E-state index in [2.05, 4.69) is 33.8 Å². The molecule has 444 valence electrons. The van der Waals surface area contributed by atoms with Gasteiger partial charge in [0.05, 0.1) is 43.7 Å². The zero-order valence-corrected chi connectivity index (χ0v) is 45.8. The van der Waals surface area contributed by atoms with Crippen molar-refractivity contribution < 1.29 is 114 Å². The van der Waals surface area contributed by atoms with Crippen molar-refractivity contribution in [3.8, 4) is 0 Å². The van der Waals surface area contributed by atoms with Crippen LogP contribution in [-0.2, 0) is 42.7 Å². The monoisotopic (exact) mass is 1110 g/mol. The molecule has 14 N–H and O–H groups in total. The highest BCUT2D eigenvalue weighted by molar-refractivity contribution is 5.88. The molecule has 8 aliphatic rings. The molecular weight excluding hydrogens is 1020 g/mol. The summed E-state index contributed by atoms with van der Waals surface area (Å²) in [7, 11) is 0. The molecule has 7 fully saturated rings. The van der Waals surface area contributed by atoms with Crippen LogP contribution < -0.4 is 0 Å². The van der Waals surface area contributed by atoms with E-state index in [4.69, 9.17) is 37.9 Å². The van der Waals surface area contributed by atoms with E-state index in [0.717, 1.165) is 18.4 Å². The lowest BCUT2D eigenvalue weighted by Gasteiger charge is -2.65. The average Bonchev–Trinajstić information content (AvgIpc) is 3.93. The number of ether oxygens (including phenoxy) is 8.